The minimum absolute atomic E-state index is 0.156. The first kappa shape index (κ1) is 22.7. The Balaban J connectivity index is 1.63. The zero-order valence-corrected chi connectivity index (χ0v) is 18.6. The number of hydrogen-bond acceptors (Lipinski definition) is 5. The largest absolute Gasteiger partial charge is 0.508 e. The Labute approximate surface area is 196 Å². The second kappa shape index (κ2) is 9.58. The van der Waals surface area contributed by atoms with E-state index in [4.69, 9.17) is 5.73 Å². The van der Waals surface area contributed by atoms with Crippen LogP contribution in [-0.4, -0.2) is 41.8 Å². The number of nitrogens with one attached hydrogen (secondary N) is 1. The molecule has 172 valence electrons. The van der Waals surface area contributed by atoms with Crippen LogP contribution in [0.1, 0.15) is 33.5 Å². The molecule has 1 heterocycles. The number of nitrogens with two attached hydrogens (primary N) is 1. The zero-order chi connectivity index (χ0) is 24.2. The third-order valence-corrected chi connectivity index (χ3v) is 5.66. The highest BCUT2D eigenvalue weighted by Gasteiger charge is 2.30. The van der Waals surface area contributed by atoms with Gasteiger partial charge in [0.2, 0.25) is 18.0 Å². The van der Waals surface area contributed by atoms with Gasteiger partial charge in [-0.25, -0.2) is 4.99 Å². The number of anilines is 1. The molecule has 0 aliphatic carbocycles. The molecule has 3 aromatic carbocycles. The van der Waals surface area contributed by atoms with Crippen molar-refractivity contribution in [3.63, 3.8) is 0 Å². The number of carbonyl (C=O) groups is 3. The molecule has 0 saturated heterocycles. The summed E-state index contributed by atoms with van der Waals surface area (Å²) >= 11 is 0. The monoisotopic (exact) mass is 456 g/mol. The van der Waals surface area contributed by atoms with Crippen molar-refractivity contribution in [2.45, 2.75) is 19.0 Å². The van der Waals surface area contributed by atoms with Crippen LogP contribution < -0.4 is 16.0 Å². The summed E-state index contributed by atoms with van der Waals surface area (Å²) in [4.78, 5) is 43.5. The van der Waals surface area contributed by atoms with E-state index in [1.807, 2.05) is 24.3 Å². The number of aryl methyl sites for hydroxylation is 1. The number of fused-ring (bicyclic) bond motifs is 1. The van der Waals surface area contributed by atoms with Crippen molar-refractivity contribution in [2.75, 3.05) is 11.9 Å². The third kappa shape index (κ3) is 4.80. The van der Waals surface area contributed by atoms with Crippen LogP contribution in [0.5, 0.6) is 5.75 Å². The van der Waals surface area contributed by atoms with E-state index >= 15 is 0 Å². The normalized spacial score (nSPS) is 15.2. The fourth-order valence-electron chi connectivity index (χ4n) is 3.78. The van der Waals surface area contributed by atoms with E-state index in [-0.39, 0.29) is 24.0 Å². The average Bonchev–Trinajstić information content (AvgIpc) is 2.94. The summed E-state index contributed by atoms with van der Waals surface area (Å²) in [6, 6.07) is 20.6. The number of rotatable bonds is 6. The highest BCUT2D eigenvalue weighted by Crippen LogP contribution is 2.27. The van der Waals surface area contributed by atoms with Gasteiger partial charge in [0, 0.05) is 30.2 Å². The zero-order valence-electron chi connectivity index (χ0n) is 18.6. The van der Waals surface area contributed by atoms with Gasteiger partial charge in [0.1, 0.15) is 5.75 Å². The second-order valence-corrected chi connectivity index (χ2v) is 7.97. The number of phenols is 1. The molecule has 0 aromatic heterocycles. The fourth-order valence-corrected chi connectivity index (χ4v) is 3.78. The van der Waals surface area contributed by atoms with E-state index in [0.29, 0.717) is 28.9 Å². The third-order valence-electron chi connectivity index (χ3n) is 5.66. The van der Waals surface area contributed by atoms with Crippen LogP contribution in [-0.2, 0) is 16.0 Å². The van der Waals surface area contributed by atoms with Crippen molar-refractivity contribution in [1.29, 1.82) is 0 Å². The Morgan fingerprint density at radius 1 is 1.03 bits per heavy atom. The van der Waals surface area contributed by atoms with Crippen LogP contribution in [0.25, 0.3) is 0 Å². The predicted molar refractivity (Wildman–Crippen MR) is 129 cm³/mol. The van der Waals surface area contributed by atoms with E-state index in [2.05, 4.69) is 10.3 Å². The maximum absolute atomic E-state index is 13.2. The quantitative estimate of drug-likeness (QED) is 0.527. The highest BCUT2D eigenvalue weighted by molar-refractivity contribution is 6.20. The van der Waals surface area contributed by atoms with Crippen LogP contribution in [0, 0.1) is 0 Å². The molecule has 8 heteroatoms. The molecule has 1 aliphatic heterocycles. The number of phenolic OH excluding ortho intramolecular Hbond substituents is 1. The average molecular weight is 457 g/mol. The number of aromatic hydroxyl groups is 1. The molecule has 1 atom stereocenters. The number of benzodiazepines with no additional fused rings is 1. The molecule has 3 aromatic rings. The van der Waals surface area contributed by atoms with Crippen molar-refractivity contribution >= 4 is 29.1 Å². The number of aliphatic imine (C=N–C) groups is 1. The Morgan fingerprint density at radius 2 is 1.71 bits per heavy atom. The van der Waals surface area contributed by atoms with E-state index < -0.39 is 12.1 Å². The molecule has 1 unspecified atom stereocenters. The lowest BCUT2D eigenvalue weighted by atomic mass is 9.99. The fraction of sp³-hybridized carbons (Fsp3) is 0.154. The number of nitrogens with zero attached hydrogens (tertiary/aromatic N) is 2. The van der Waals surface area contributed by atoms with E-state index in [1.54, 1.807) is 55.6 Å². The van der Waals surface area contributed by atoms with Crippen LogP contribution in [0.3, 0.4) is 0 Å². The standard InChI is InChI=1S/C26H24N4O4/c1-30-21-5-3-2-4-20(21)23(17-9-11-18(12-10-17)24(27)33)29-25(26(30)34)28-22(32)15-8-16-6-13-19(31)14-7-16/h2-7,9-14,25,31H,8,15H2,1H3,(H2,27,33)(H,28,32). The van der Waals surface area contributed by atoms with Crippen molar-refractivity contribution < 1.29 is 19.5 Å². The smallest absolute Gasteiger partial charge is 0.272 e. The first-order valence-corrected chi connectivity index (χ1v) is 10.8. The summed E-state index contributed by atoms with van der Waals surface area (Å²) in [6.07, 6.45) is -0.506. The summed E-state index contributed by atoms with van der Waals surface area (Å²) < 4.78 is 0. The number of para-hydroxylation sites is 1. The maximum Gasteiger partial charge on any atom is 0.272 e. The number of primary amides is 1. The Kier molecular flexibility index (Phi) is 6.40. The summed E-state index contributed by atoms with van der Waals surface area (Å²) in [7, 11) is 1.64. The first-order chi connectivity index (χ1) is 16.3. The van der Waals surface area contributed by atoms with Crippen LogP contribution >= 0.6 is 0 Å². The SMILES string of the molecule is CN1C(=O)C(NC(=O)CCc2ccc(O)cc2)N=C(c2ccc(C(N)=O)cc2)c2ccccc21. The Morgan fingerprint density at radius 3 is 2.38 bits per heavy atom. The van der Waals surface area contributed by atoms with E-state index in [1.165, 1.54) is 4.90 Å². The van der Waals surface area contributed by atoms with Crippen LogP contribution in [0.15, 0.2) is 77.8 Å². The lowest BCUT2D eigenvalue weighted by Gasteiger charge is -2.20. The lowest BCUT2D eigenvalue weighted by Crippen LogP contribution is -2.46. The molecule has 8 nitrogen and oxygen atoms in total. The predicted octanol–water partition coefficient (Wildman–Crippen LogP) is 2.38. The molecule has 0 fully saturated rings. The van der Waals surface area contributed by atoms with E-state index in [0.717, 1.165) is 11.1 Å². The van der Waals surface area contributed by atoms with Crippen molar-refractivity contribution in [3.05, 3.63) is 95.1 Å². The molecule has 0 spiro atoms. The Bertz CT molecular complexity index is 1270. The van der Waals surface area contributed by atoms with Gasteiger partial charge in [0.15, 0.2) is 0 Å². The van der Waals surface area contributed by atoms with Gasteiger partial charge in [-0.05, 0) is 42.3 Å². The molecule has 1 aliphatic rings. The summed E-state index contributed by atoms with van der Waals surface area (Å²) in [5, 5.41) is 12.2. The molecular weight excluding hydrogens is 432 g/mol. The van der Waals surface area contributed by atoms with Gasteiger partial charge in [0.05, 0.1) is 11.4 Å². The van der Waals surface area contributed by atoms with Gasteiger partial charge in [-0.15, -0.1) is 0 Å². The molecule has 0 radical (unpaired) electrons. The summed E-state index contributed by atoms with van der Waals surface area (Å²) in [5.74, 6) is -1.07. The minimum atomic E-state index is -1.12. The molecule has 0 saturated carbocycles. The highest BCUT2D eigenvalue weighted by atomic mass is 16.3. The lowest BCUT2D eigenvalue weighted by molar-refractivity contribution is -0.127. The number of amides is 3. The topological polar surface area (TPSA) is 125 Å². The maximum atomic E-state index is 13.2. The Hall–Kier alpha value is -4.46. The van der Waals surface area contributed by atoms with E-state index in [9.17, 15) is 19.5 Å². The van der Waals surface area contributed by atoms with Gasteiger partial charge in [-0.3, -0.25) is 14.4 Å². The number of hydrogen-bond donors (Lipinski definition) is 3. The second-order valence-electron chi connectivity index (χ2n) is 7.97. The minimum Gasteiger partial charge on any atom is -0.508 e. The first-order valence-electron chi connectivity index (χ1n) is 10.8. The van der Waals surface area contributed by atoms with Crippen LogP contribution in [0.2, 0.25) is 0 Å². The number of benzene rings is 3. The molecule has 4 rings (SSSR count). The number of likely N-dealkylation sites (N-methyl/N-ethyl adjacent to an activating group) is 1. The van der Waals surface area contributed by atoms with Crippen LogP contribution in [0.4, 0.5) is 5.69 Å². The number of carbonyl (C=O) groups excluding carboxylic acids is 3. The molecule has 0 bridgehead atoms. The summed E-state index contributed by atoms with van der Waals surface area (Å²) in [6.45, 7) is 0. The van der Waals surface area contributed by atoms with Crippen molar-refractivity contribution in [2.24, 2.45) is 10.7 Å². The van der Waals surface area contributed by atoms with Gasteiger partial charge in [0.25, 0.3) is 5.91 Å². The van der Waals surface area contributed by atoms with Gasteiger partial charge in [-0.2, -0.15) is 0 Å². The van der Waals surface area contributed by atoms with Crippen molar-refractivity contribution in [3.8, 4) is 5.75 Å². The van der Waals surface area contributed by atoms with Gasteiger partial charge >= 0.3 is 0 Å². The molecular formula is C26H24N4O4. The van der Waals surface area contributed by atoms with Crippen molar-refractivity contribution in [1.82, 2.24) is 5.32 Å². The van der Waals surface area contributed by atoms with Gasteiger partial charge < -0.3 is 21.1 Å². The molecule has 3 amide bonds. The molecule has 34 heavy (non-hydrogen) atoms. The van der Waals surface area contributed by atoms with Gasteiger partial charge in [-0.1, -0.05) is 42.5 Å². The molecule has 4 N–H and O–H groups in total. The summed E-state index contributed by atoms with van der Waals surface area (Å²) in [5.41, 5.74) is 9.20.